The molecule has 0 aromatic rings. The minimum absolute atomic E-state index is 0.192. The molecule has 0 aliphatic carbocycles. The molecule has 11 heavy (non-hydrogen) atoms. The standard InChI is InChI=1S/C6H12N2O3/c1-3-4-11-6(7-2)5-8(9)10/h5,7H,3-4H2,1-2H3/b6-5+. The van der Waals surface area contributed by atoms with Gasteiger partial charge in [-0.25, -0.2) is 0 Å². The second kappa shape index (κ2) is 5.52. The van der Waals surface area contributed by atoms with Crippen LogP contribution in [0.25, 0.3) is 0 Å². The largest absolute Gasteiger partial charge is 0.475 e. The summed E-state index contributed by atoms with van der Waals surface area (Å²) in [5.74, 6) is 0.192. The van der Waals surface area contributed by atoms with Crippen LogP contribution in [-0.4, -0.2) is 18.6 Å². The van der Waals surface area contributed by atoms with E-state index < -0.39 is 4.92 Å². The maximum Gasteiger partial charge on any atom is 0.293 e. The maximum atomic E-state index is 9.94. The van der Waals surface area contributed by atoms with Gasteiger partial charge in [-0.1, -0.05) is 6.92 Å². The van der Waals surface area contributed by atoms with Crippen LogP contribution in [0, 0.1) is 10.1 Å². The third-order valence-corrected chi connectivity index (χ3v) is 0.931. The predicted octanol–water partition coefficient (Wildman–Crippen LogP) is 0.708. The van der Waals surface area contributed by atoms with Gasteiger partial charge in [0.1, 0.15) is 0 Å². The van der Waals surface area contributed by atoms with E-state index in [1.807, 2.05) is 6.92 Å². The Kier molecular flexibility index (Phi) is 4.89. The molecule has 0 aliphatic heterocycles. The van der Waals surface area contributed by atoms with Gasteiger partial charge in [0.15, 0.2) is 0 Å². The van der Waals surface area contributed by atoms with Crippen molar-refractivity contribution in [3.63, 3.8) is 0 Å². The fourth-order valence-corrected chi connectivity index (χ4v) is 0.482. The maximum absolute atomic E-state index is 9.94. The monoisotopic (exact) mass is 160 g/mol. The SMILES string of the molecule is CCCO/C(=C/[N+](=O)[O-])NC. The molecular weight excluding hydrogens is 148 g/mol. The Balaban J connectivity index is 3.84. The zero-order valence-corrected chi connectivity index (χ0v) is 6.66. The van der Waals surface area contributed by atoms with Crippen molar-refractivity contribution in [1.29, 1.82) is 0 Å². The summed E-state index contributed by atoms with van der Waals surface area (Å²) in [6.45, 7) is 2.42. The molecule has 0 radical (unpaired) electrons. The number of hydrogen-bond acceptors (Lipinski definition) is 4. The summed E-state index contributed by atoms with van der Waals surface area (Å²) in [6, 6.07) is 0. The Bertz CT molecular complexity index is 156. The van der Waals surface area contributed by atoms with Gasteiger partial charge >= 0.3 is 0 Å². The van der Waals surface area contributed by atoms with Crippen molar-refractivity contribution in [2.45, 2.75) is 13.3 Å². The summed E-state index contributed by atoms with van der Waals surface area (Å²) in [5.41, 5.74) is 0. The van der Waals surface area contributed by atoms with E-state index in [-0.39, 0.29) is 5.88 Å². The second-order valence-corrected chi connectivity index (χ2v) is 1.88. The van der Waals surface area contributed by atoms with Gasteiger partial charge < -0.3 is 10.1 Å². The van der Waals surface area contributed by atoms with Crippen LogP contribution in [0.15, 0.2) is 12.1 Å². The third kappa shape index (κ3) is 5.20. The lowest BCUT2D eigenvalue weighted by molar-refractivity contribution is -0.405. The summed E-state index contributed by atoms with van der Waals surface area (Å²) in [6.07, 6.45) is 1.63. The summed E-state index contributed by atoms with van der Waals surface area (Å²) in [4.78, 5) is 9.39. The first-order valence-corrected chi connectivity index (χ1v) is 3.36. The van der Waals surface area contributed by atoms with Crippen LogP contribution in [0.4, 0.5) is 0 Å². The molecule has 0 saturated carbocycles. The second-order valence-electron chi connectivity index (χ2n) is 1.88. The molecule has 1 N–H and O–H groups in total. The molecule has 0 fully saturated rings. The Labute approximate surface area is 65.2 Å². The summed E-state index contributed by atoms with van der Waals surface area (Å²) in [5, 5.41) is 12.5. The number of rotatable bonds is 5. The molecule has 0 amide bonds. The molecule has 5 nitrogen and oxygen atoms in total. The van der Waals surface area contributed by atoms with Crippen LogP contribution in [0.5, 0.6) is 0 Å². The van der Waals surface area contributed by atoms with E-state index >= 15 is 0 Å². The normalized spacial score (nSPS) is 10.9. The lowest BCUT2D eigenvalue weighted by Gasteiger charge is -2.04. The van der Waals surface area contributed by atoms with Gasteiger partial charge in [-0.05, 0) is 6.42 Å². The van der Waals surface area contributed by atoms with Crippen molar-refractivity contribution in [2.75, 3.05) is 13.7 Å². The number of ether oxygens (including phenoxy) is 1. The van der Waals surface area contributed by atoms with Gasteiger partial charge in [-0.15, -0.1) is 0 Å². The zero-order valence-electron chi connectivity index (χ0n) is 6.66. The fraction of sp³-hybridized carbons (Fsp3) is 0.667. The highest BCUT2D eigenvalue weighted by atomic mass is 16.6. The molecular formula is C6H12N2O3. The summed E-state index contributed by atoms with van der Waals surface area (Å²) < 4.78 is 4.96. The highest BCUT2D eigenvalue weighted by Gasteiger charge is 1.99. The Morgan fingerprint density at radius 3 is 2.82 bits per heavy atom. The van der Waals surface area contributed by atoms with E-state index in [2.05, 4.69) is 5.32 Å². The quantitative estimate of drug-likeness (QED) is 0.365. The van der Waals surface area contributed by atoms with Crippen molar-refractivity contribution < 1.29 is 9.66 Å². The predicted molar refractivity (Wildman–Crippen MR) is 40.4 cm³/mol. The average molecular weight is 160 g/mol. The first kappa shape index (κ1) is 9.74. The highest BCUT2D eigenvalue weighted by Crippen LogP contribution is 1.92. The lowest BCUT2D eigenvalue weighted by Crippen LogP contribution is -2.11. The topological polar surface area (TPSA) is 64.4 Å². The molecule has 0 heterocycles. The Morgan fingerprint density at radius 1 is 1.82 bits per heavy atom. The van der Waals surface area contributed by atoms with Crippen LogP contribution >= 0.6 is 0 Å². The Morgan fingerprint density at radius 2 is 2.45 bits per heavy atom. The van der Waals surface area contributed by atoms with Crippen LogP contribution in [0.2, 0.25) is 0 Å². The molecule has 0 saturated heterocycles. The fourth-order valence-electron chi connectivity index (χ4n) is 0.482. The third-order valence-electron chi connectivity index (χ3n) is 0.931. The van der Waals surface area contributed by atoms with Crippen molar-refractivity contribution in [3.05, 3.63) is 22.2 Å². The molecule has 0 aromatic heterocycles. The van der Waals surface area contributed by atoms with E-state index in [4.69, 9.17) is 4.74 Å². The smallest absolute Gasteiger partial charge is 0.293 e. The van der Waals surface area contributed by atoms with Gasteiger partial charge in [0.05, 0.1) is 11.5 Å². The van der Waals surface area contributed by atoms with Crippen LogP contribution < -0.4 is 5.32 Å². The van der Waals surface area contributed by atoms with Crippen molar-refractivity contribution in [3.8, 4) is 0 Å². The van der Waals surface area contributed by atoms with E-state index in [0.29, 0.717) is 6.61 Å². The molecule has 0 rings (SSSR count). The summed E-state index contributed by atoms with van der Waals surface area (Å²) in [7, 11) is 1.57. The van der Waals surface area contributed by atoms with E-state index in [9.17, 15) is 10.1 Å². The van der Waals surface area contributed by atoms with Crippen LogP contribution in [0.1, 0.15) is 13.3 Å². The minimum atomic E-state index is -0.554. The molecule has 0 aromatic carbocycles. The number of nitrogens with zero attached hydrogens (tertiary/aromatic N) is 1. The molecule has 0 aliphatic rings. The molecule has 0 atom stereocenters. The van der Waals surface area contributed by atoms with E-state index in [1.165, 1.54) is 0 Å². The van der Waals surface area contributed by atoms with Crippen molar-refractivity contribution in [1.82, 2.24) is 5.32 Å². The number of nitrogens with one attached hydrogen (secondary N) is 1. The number of hydrogen-bond donors (Lipinski definition) is 1. The van der Waals surface area contributed by atoms with Crippen molar-refractivity contribution >= 4 is 0 Å². The van der Waals surface area contributed by atoms with Gasteiger partial charge in [0.25, 0.3) is 12.1 Å². The van der Waals surface area contributed by atoms with Gasteiger partial charge in [-0.2, -0.15) is 0 Å². The minimum Gasteiger partial charge on any atom is -0.475 e. The van der Waals surface area contributed by atoms with E-state index in [1.54, 1.807) is 7.05 Å². The van der Waals surface area contributed by atoms with E-state index in [0.717, 1.165) is 12.6 Å². The lowest BCUT2D eigenvalue weighted by atomic mass is 10.5. The summed E-state index contributed by atoms with van der Waals surface area (Å²) >= 11 is 0. The van der Waals surface area contributed by atoms with Crippen LogP contribution in [0.3, 0.4) is 0 Å². The average Bonchev–Trinajstić information content (AvgIpc) is 1.97. The van der Waals surface area contributed by atoms with Gasteiger partial charge in [-0.3, -0.25) is 10.1 Å². The first-order chi connectivity index (χ1) is 5.20. The molecule has 0 unspecified atom stereocenters. The highest BCUT2D eigenvalue weighted by molar-refractivity contribution is 4.81. The zero-order chi connectivity index (χ0) is 8.69. The van der Waals surface area contributed by atoms with Gasteiger partial charge in [0, 0.05) is 7.05 Å². The number of nitro groups is 1. The molecule has 5 heteroatoms. The first-order valence-electron chi connectivity index (χ1n) is 3.36. The van der Waals surface area contributed by atoms with Gasteiger partial charge in [0.2, 0.25) is 0 Å². The molecule has 64 valence electrons. The molecule has 0 bridgehead atoms. The van der Waals surface area contributed by atoms with Crippen molar-refractivity contribution in [2.24, 2.45) is 0 Å². The van der Waals surface area contributed by atoms with Crippen LogP contribution in [-0.2, 0) is 4.74 Å². The molecule has 0 spiro atoms. The Hall–Kier alpha value is -1.26.